The summed E-state index contributed by atoms with van der Waals surface area (Å²) in [6, 6.07) is 6.82. The van der Waals surface area contributed by atoms with Gasteiger partial charge in [0.2, 0.25) is 0 Å². The Morgan fingerprint density at radius 3 is 2.64 bits per heavy atom. The SMILES string of the molecule is Fc1ccc([C@H]2CC(NBr)CO2)cc1. The number of rotatable bonds is 2. The molecule has 2 rings (SSSR count). The average molecular weight is 260 g/mol. The van der Waals surface area contributed by atoms with Crippen LogP contribution in [-0.4, -0.2) is 12.6 Å². The number of ether oxygens (including phenoxy) is 1. The second-order valence-corrected chi connectivity index (χ2v) is 3.87. The Bertz CT molecular complexity index is 303. The highest BCUT2D eigenvalue weighted by Crippen LogP contribution is 2.29. The molecule has 14 heavy (non-hydrogen) atoms. The van der Waals surface area contributed by atoms with Gasteiger partial charge in [-0.3, -0.25) is 4.34 Å². The van der Waals surface area contributed by atoms with Gasteiger partial charge in [0.15, 0.2) is 0 Å². The molecule has 2 nitrogen and oxygen atoms in total. The monoisotopic (exact) mass is 259 g/mol. The molecular weight excluding hydrogens is 249 g/mol. The molecule has 1 saturated heterocycles. The lowest BCUT2D eigenvalue weighted by Gasteiger charge is -2.08. The molecular formula is C10H11BrFNO. The van der Waals surface area contributed by atoms with E-state index in [1.807, 2.05) is 0 Å². The minimum atomic E-state index is -0.207. The molecule has 1 N–H and O–H groups in total. The summed E-state index contributed by atoms with van der Waals surface area (Å²) < 4.78 is 21.2. The fourth-order valence-corrected chi connectivity index (χ4v) is 1.93. The summed E-state index contributed by atoms with van der Waals surface area (Å²) in [5, 5.41) is 0. The molecule has 1 fully saturated rings. The summed E-state index contributed by atoms with van der Waals surface area (Å²) in [5.41, 5.74) is 1.04. The van der Waals surface area contributed by atoms with Gasteiger partial charge < -0.3 is 4.74 Å². The van der Waals surface area contributed by atoms with Crippen LogP contribution >= 0.6 is 16.1 Å². The maximum atomic E-state index is 12.7. The van der Waals surface area contributed by atoms with Crippen LogP contribution in [0.3, 0.4) is 0 Å². The van der Waals surface area contributed by atoms with E-state index in [2.05, 4.69) is 20.5 Å². The van der Waals surface area contributed by atoms with Gasteiger partial charge in [-0.15, -0.1) is 0 Å². The van der Waals surface area contributed by atoms with Crippen molar-refractivity contribution < 1.29 is 9.13 Å². The molecule has 0 aliphatic carbocycles. The molecule has 0 saturated carbocycles. The van der Waals surface area contributed by atoms with Gasteiger partial charge in [-0.1, -0.05) is 12.1 Å². The van der Waals surface area contributed by atoms with Crippen LogP contribution in [0.15, 0.2) is 24.3 Å². The van der Waals surface area contributed by atoms with Crippen LogP contribution in [0.25, 0.3) is 0 Å². The molecule has 0 amide bonds. The van der Waals surface area contributed by atoms with Crippen molar-refractivity contribution in [2.45, 2.75) is 18.6 Å². The van der Waals surface area contributed by atoms with Gasteiger partial charge in [0.05, 0.1) is 12.7 Å². The molecule has 0 radical (unpaired) electrons. The highest BCUT2D eigenvalue weighted by molar-refractivity contribution is 9.08. The van der Waals surface area contributed by atoms with Crippen molar-refractivity contribution in [3.63, 3.8) is 0 Å². The average Bonchev–Trinajstić information content (AvgIpc) is 2.67. The summed E-state index contributed by atoms with van der Waals surface area (Å²) in [6.07, 6.45) is 1.00. The van der Waals surface area contributed by atoms with Crippen molar-refractivity contribution in [1.29, 1.82) is 0 Å². The van der Waals surface area contributed by atoms with E-state index in [-0.39, 0.29) is 11.9 Å². The van der Waals surface area contributed by atoms with Crippen molar-refractivity contribution in [1.82, 2.24) is 4.34 Å². The van der Waals surface area contributed by atoms with Crippen LogP contribution < -0.4 is 4.34 Å². The van der Waals surface area contributed by atoms with Gasteiger partial charge in [0, 0.05) is 22.2 Å². The lowest BCUT2D eigenvalue weighted by molar-refractivity contribution is 0.110. The maximum absolute atomic E-state index is 12.7. The van der Waals surface area contributed by atoms with Gasteiger partial charge in [0.1, 0.15) is 5.82 Å². The first kappa shape index (κ1) is 10.1. The van der Waals surface area contributed by atoms with Gasteiger partial charge in [0.25, 0.3) is 0 Å². The summed E-state index contributed by atoms with van der Waals surface area (Å²) >= 11 is 3.20. The zero-order valence-electron chi connectivity index (χ0n) is 7.54. The van der Waals surface area contributed by atoms with Crippen LogP contribution in [0, 0.1) is 5.82 Å². The van der Waals surface area contributed by atoms with E-state index in [9.17, 15) is 4.39 Å². The minimum absolute atomic E-state index is 0.0886. The predicted octanol–water partition coefficient (Wildman–Crippen LogP) is 2.56. The summed E-state index contributed by atoms with van der Waals surface area (Å²) in [4.78, 5) is 0. The quantitative estimate of drug-likeness (QED) is 0.825. The van der Waals surface area contributed by atoms with Gasteiger partial charge >= 0.3 is 0 Å². The molecule has 0 spiro atoms. The first-order valence-electron chi connectivity index (χ1n) is 4.53. The standard InChI is InChI=1S/C10H11BrFNO/c11-13-9-5-10(14-6-9)7-1-3-8(12)4-2-7/h1-4,9-10,13H,5-6H2/t9?,10-/m1/s1. The van der Waals surface area contributed by atoms with Crippen molar-refractivity contribution >= 4 is 16.1 Å². The van der Waals surface area contributed by atoms with E-state index in [0.29, 0.717) is 12.6 Å². The van der Waals surface area contributed by atoms with Crippen LogP contribution in [-0.2, 0) is 4.74 Å². The molecule has 1 aliphatic rings. The summed E-state index contributed by atoms with van der Waals surface area (Å²) in [6.45, 7) is 0.688. The topological polar surface area (TPSA) is 21.3 Å². The lowest BCUT2D eigenvalue weighted by Crippen LogP contribution is -2.19. The molecule has 1 aromatic carbocycles. The largest absolute Gasteiger partial charge is 0.372 e. The number of benzene rings is 1. The Morgan fingerprint density at radius 2 is 2.07 bits per heavy atom. The van der Waals surface area contributed by atoms with Gasteiger partial charge in [-0.25, -0.2) is 4.39 Å². The second-order valence-electron chi connectivity index (χ2n) is 3.42. The Kier molecular flexibility index (Phi) is 3.15. The fourth-order valence-electron chi connectivity index (χ4n) is 1.61. The van der Waals surface area contributed by atoms with Gasteiger partial charge in [-0.05, 0) is 24.1 Å². The Labute approximate surface area is 90.8 Å². The summed E-state index contributed by atoms with van der Waals surface area (Å²) in [5.74, 6) is -0.207. The highest BCUT2D eigenvalue weighted by atomic mass is 79.9. The molecule has 1 unspecified atom stereocenters. The van der Waals surface area contributed by atoms with E-state index >= 15 is 0 Å². The molecule has 1 heterocycles. The van der Waals surface area contributed by atoms with Crippen molar-refractivity contribution in [2.24, 2.45) is 0 Å². The Morgan fingerprint density at radius 1 is 1.36 bits per heavy atom. The van der Waals surface area contributed by atoms with Crippen molar-refractivity contribution in [3.05, 3.63) is 35.6 Å². The fraction of sp³-hybridized carbons (Fsp3) is 0.400. The zero-order valence-corrected chi connectivity index (χ0v) is 9.13. The third-order valence-electron chi connectivity index (χ3n) is 2.39. The van der Waals surface area contributed by atoms with Crippen LogP contribution in [0.4, 0.5) is 4.39 Å². The van der Waals surface area contributed by atoms with Crippen molar-refractivity contribution in [2.75, 3.05) is 6.61 Å². The lowest BCUT2D eigenvalue weighted by atomic mass is 10.1. The molecule has 0 bridgehead atoms. The first-order valence-corrected chi connectivity index (χ1v) is 5.32. The predicted molar refractivity (Wildman–Crippen MR) is 55.6 cm³/mol. The maximum Gasteiger partial charge on any atom is 0.123 e. The van der Waals surface area contributed by atoms with Crippen LogP contribution in [0.1, 0.15) is 18.1 Å². The van der Waals surface area contributed by atoms with E-state index < -0.39 is 0 Å². The number of hydrogen-bond donors (Lipinski definition) is 1. The molecule has 1 aromatic rings. The van der Waals surface area contributed by atoms with Crippen LogP contribution in [0.2, 0.25) is 0 Å². The van der Waals surface area contributed by atoms with E-state index in [4.69, 9.17) is 4.74 Å². The number of hydrogen-bond acceptors (Lipinski definition) is 2. The Hall–Kier alpha value is -0.450. The number of halogens is 2. The van der Waals surface area contributed by atoms with E-state index in [1.54, 1.807) is 12.1 Å². The molecule has 4 heteroatoms. The van der Waals surface area contributed by atoms with Crippen molar-refractivity contribution in [3.8, 4) is 0 Å². The van der Waals surface area contributed by atoms with Crippen LogP contribution in [0.5, 0.6) is 0 Å². The second kappa shape index (κ2) is 4.38. The zero-order chi connectivity index (χ0) is 9.97. The normalized spacial score (nSPS) is 26.7. The molecule has 1 aliphatic heterocycles. The third kappa shape index (κ3) is 2.13. The molecule has 76 valence electrons. The first-order chi connectivity index (χ1) is 6.79. The van der Waals surface area contributed by atoms with E-state index in [0.717, 1.165) is 12.0 Å². The summed E-state index contributed by atoms with van der Waals surface area (Å²) in [7, 11) is 0. The van der Waals surface area contributed by atoms with Gasteiger partial charge in [-0.2, -0.15) is 0 Å². The highest BCUT2D eigenvalue weighted by Gasteiger charge is 2.25. The van der Waals surface area contributed by atoms with E-state index in [1.165, 1.54) is 12.1 Å². The Balaban J connectivity index is 2.06. The third-order valence-corrected chi connectivity index (χ3v) is 3.04. The molecule has 2 atom stereocenters. The minimum Gasteiger partial charge on any atom is -0.372 e. The number of nitrogens with one attached hydrogen (secondary N) is 1. The molecule has 0 aromatic heterocycles. The smallest absolute Gasteiger partial charge is 0.123 e.